The fraction of sp³-hybridized carbons (Fsp3) is 0.296. The second kappa shape index (κ2) is 12.4. The van der Waals surface area contributed by atoms with Crippen molar-refractivity contribution in [3.8, 4) is 5.75 Å². The van der Waals surface area contributed by atoms with Crippen LogP contribution < -0.4 is 4.74 Å². The van der Waals surface area contributed by atoms with Crippen molar-refractivity contribution < 1.29 is 14.3 Å². The van der Waals surface area contributed by atoms with Gasteiger partial charge in [-0.25, -0.2) is 4.79 Å². The highest BCUT2D eigenvalue weighted by Gasteiger charge is 2.13. The molecule has 0 heterocycles. The summed E-state index contributed by atoms with van der Waals surface area (Å²) in [6, 6.07) is 24.1. The lowest BCUT2D eigenvalue weighted by Crippen LogP contribution is -2.08. The van der Waals surface area contributed by atoms with Crippen LogP contribution in [0.1, 0.15) is 61.6 Å². The molecule has 0 unspecified atom stereocenters. The van der Waals surface area contributed by atoms with Gasteiger partial charge in [0.25, 0.3) is 0 Å². The van der Waals surface area contributed by atoms with Crippen molar-refractivity contribution >= 4 is 17.3 Å². The van der Waals surface area contributed by atoms with E-state index in [4.69, 9.17) is 9.47 Å². The molecule has 0 aliphatic heterocycles. The van der Waals surface area contributed by atoms with Gasteiger partial charge in [0.1, 0.15) is 11.9 Å². The Labute approximate surface area is 190 Å². The molecule has 0 radical (unpaired) electrons. The molecule has 0 spiro atoms. The minimum absolute atomic E-state index is 0.314. The SMILES string of the molecule is CCCCCCOc1ccc(N=Nc2ccc(C(=O)O[C@@H](C)c3ccccc3)cc2)cc1. The van der Waals surface area contributed by atoms with Crippen LogP contribution in [0.2, 0.25) is 0 Å². The number of carbonyl (C=O) groups excluding carboxylic acids is 1. The summed E-state index contributed by atoms with van der Waals surface area (Å²) in [4.78, 5) is 12.4. The Hall–Kier alpha value is -3.47. The third-order valence-corrected chi connectivity index (χ3v) is 5.04. The van der Waals surface area contributed by atoms with Gasteiger partial charge in [-0.15, -0.1) is 0 Å². The number of unbranched alkanes of at least 4 members (excludes halogenated alkanes) is 3. The van der Waals surface area contributed by atoms with Gasteiger partial charge < -0.3 is 9.47 Å². The van der Waals surface area contributed by atoms with E-state index >= 15 is 0 Å². The van der Waals surface area contributed by atoms with E-state index in [2.05, 4.69) is 17.2 Å². The molecular formula is C27H30N2O3. The van der Waals surface area contributed by atoms with Crippen LogP contribution in [-0.4, -0.2) is 12.6 Å². The molecule has 166 valence electrons. The summed E-state index contributed by atoms with van der Waals surface area (Å²) in [7, 11) is 0. The summed E-state index contributed by atoms with van der Waals surface area (Å²) in [5.41, 5.74) is 2.84. The quantitative estimate of drug-likeness (QED) is 0.176. The molecule has 3 rings (SSSR count). The number of hydrogen-bond donors (Lipinski definition) is 0. The molecule has 5 nitrogen and oxygen atoms in total. The van der Waals surface area contributed by atoms with Crippen molar-refractivity contribution in [2.24, 2.45) is 10.2 Å². The van der Waals surface area contributed by atoms with E-state index in [9.17, 15) is 4.79 Å². The lowest BCUT2D eigenvalue weighted by molar-refractivity contribution is 0.0338. The van der Waals surface area contributed by atoms with Crippen molar-refractivity contribution in [1.82, 2.24) is 0 Å². The van der Waals surface area contributed by atoms with E-state index in [-0.39, 0.29) is 12.1 Å². The van der Waals surface area contributed by atoms with E-state index in [1.54, 1.807) is 24.3 Å². The van der Waals surface area contributed by atoms with Gasteiger partial charge in [-0.1, -0.05) is 56.5 Å². The highest BCUT2D eigenvalue weighted by molar-refractivity contribution is 5.89. The van der Waals surface area contributed by atoms with Crippen molar-refractivity contribution in [3.63, 3.8) is 0 Å². The van der Waals surface area contributed by atoms with Crippen molar-refractivity contribution in [1.29, 1.82) is 0 Å². The first-order chi connectivity index (χ1) is 15.7. The monoisotopic (exact) mass is 430 g/mol. The maximum Gasteiger partial charge on any atom is 0.338 e. The van der Waals surface area contributed by atoms with Gasteiger partial charge in [0.05, 0.1) is 23.5 Å². The fourth-order valence-corrected chi connectivity index (χ4v) is 3.13. The summed E-state index contributed by atoms with van der Waals surface area (Å²) in [5.74, 6) is 0.475. The summed E-state index contributed by atoms with van der Waals surface area (Å²) in [6.07, 6.45) is 4.43. The van der Waals surface area contributed by atoms with Gasteiger partial charge in [0, 0.05) is 0 Å². The standard InChI is InChI=1S/C27H30N2O3/c1-3-4-5-9-20-31-26-18-16-25(17-19-26)29-28-24-14-12-23(13-15-24)27(30)32-21(2)22-10-7-6-8-11-22/h6-8,10-19,21H,3-5,9,20H2,1-2H3/t21-/m0/s1. The number of rotatable bonds is 11. The zero-order valence-electron chi connectivity index (χ0n) is 18.7. The molecule has 3 aromatic carbocycles. The van der Waals surface area contributed by atoms with Crippen LogP contribution in [0.5, 0.6) is 5.75 Å². The molecule has 0 fully saturated rings. The molecule has 0 saturated heterocycles. The first kappa shape index (κ1) is 23.2. The first-order valence-corrected chi connectivity index (χ1v) is 11.2. The highest BCUT2D eigenvalue weighted by Crippen LogP contribution is 2.23. The van der Waals surface area contributed by atoms with Crippen LogP contribution in [-0.2, 0) is 4.74 Å². The molecule has 5 heteroatoms. The lowest BCUT2D eigenvalue weighted by Gasteiger charge is -2.13. The van der Waals surface area contributed by atoms with Crippen LogP contribution in [0.25, 0.3) is 0 Å². The molecule has 3 aromatic rings. The van der Waals surface area contributed by atoms with Gasteiger partial charge >= 0.3 is 5.97 Å². The number of azo groups is 1. The molecule has 1 atom stereocenters. The van der Waals surface area contributed by atoms with Crippen LogP contribution in [0.15, 0.2) is 89.1 Å². The Morgan fingerprint density at radius 3 is 2.06 bits per heavy atom. The van der Waals surface area contributed by atoms with Gasteiger partial charge in [-0.05, 0) is 67.4 Å². The minimum atomic E-state index is -0.366. The number of benzene rings is 3. The molecule has 0 aliphatic carbocycles. The molecule has 0 amide bonds. The third-order valence-electron chi connectivity index (χ3n) is 5.04. The predicted molar refractivity (Wildman–Crippen MR) is 127 cm³/mol. The molecule has 0 bridgehead atoms. The second-order valence-corrected chi connectivity index (χ2v) is 7.61. The second-order valence-electron chi connectivity index (χ2n) is 7.61. The molecule has 0 saturated carbocycles. The zero-order valence-corrected chi connectivity index (χ0v) is 18.7. The number of esters is 1. The summed E-state index contributed by atoms with van der Waals surface area (Å²) >= 11 is 0. The zero-order chi connectivity index (χ0) is 22.6. The third kappa shape index (κ3) is 7.34. The van der Waals surface area contributed by atoms with Crippen LogP contribution in [0, 0.1) is 0 Å². The Bertz CT molecular complexity index is 984. The Morgan fingerprint density at radius 2 is 1.44 bits per heavy atom. The van der Waals surface area contributed by atoms with E-state index in [1.807, 2.05) is 61.5 Å². The van der Waals surface area contributed by atoms with Crippen molar-refractivity contribution in [3.05, 3.63) is 90.0 Å². The summed E-state index contributed by atoms with van der Waals surface area (Å²) in [5, 5.41) is 8.50. The van der Waals surface area contributed by atoms with Gasteiger partial charge in [0.15, 0.2) is 0 Å². The van der Waals surface area contributed by atoms with Crippen molar-refractivity contribution in [2.45, 2.75) is 45.6 Å². The Morgan fingerprint density at radius 1 is 0.812 bits per heavy atom. The number of ether oxygens (including phenoxy) is 2. The Balaban J connectivity index is 1.50. The molecule has 0 aromatic heterocycles. The topological polar surface area (TPSA) is 60.2 Å². The van der Waals surface area contributed by atoms with E-state index in [0.29, 0.717) is 11.3 Å². The first-order valence-electron chi connectivity index (χ1n) is 11.2. The summed E-state index contributed by atoms with van der Waals surface area (Å²) < 4.78 is 11.3. The number of nitrogens with zero attached hydrogens (tertiary/aromatic N) is 2. The lowest BCUT2D eigenvalue weighted by atomic mass is 10.1. The average Bonchev–Trinajstić information content (AvgIpc) is 2.84. The molecule has 0 aliphatic rings. The van der Waals surface area contributed by atoms with Crippen LogP contribution in [0.3, 0.4) is 0 Å². The Kier molecular flexibility index (Phi) is 8.99. The average molecular weight is 431 g/mol. The van der Waals surface area contributed by atoms with Crippen LogP contribution in [0.4, 0.5) is 11.4 Å². The van der Waals surface area contributed by atoms with E-state index in [1.165, 1.54) is 19.3 Å². The molecular weight excluding hydrogens is 400 g/mol. The number of carbonyl (C=O) groups is 1. The molecule has 32 heavy (non-hydrogen) atoms. The normalized spacial score (nSPS) is 11.9. The van der Waals surface area contributed by atoms with Gasteiger partial charge in [0.2, 0.25) is 0 Å². The maximum atomic E-state index is 12.4. The summed E-state index contributed by atoms with van der Waals surface area (Å²) in [6.45, 7) is 4.79. The number of hydrogen-bond acceptors (Lipinski definition) is 5. The maximum absolute atomic E-state index is 12.4. The van der Waals surface area contributed by atoms with E-state index in [0.717, 1.165) is 30.0 Å². The van der Waals surface area contributed by atoms with Crippen LogP contribution >= 0.6 is 0 Å². The van der Waals surface area contributed by atoms with E-state index < -0.39 is 0 Å². The largest absolute Gasteiger partial charge is 0.494 e. The molecule has 0 N–H and O–H groups in total. The fourth-order valence-electron chi connectivity index (χ4n) is 3.13. The highest BCUT2D eigenvalue weighted by atomic mass is 16.5. The van der Waals surface area contributed by atoms with Gasteiger partial charge in [-0.3, -0.25) is 0 Å². The van der Waals surface area contributed by atoms with Crippen molar-refractivity contribution in [2.75, 3.05) is 6.61 Å². The smallest absolute Gasteiger partial charge is 0.338 e. The predicted octanol–water partition coefficient (Wildman–Crippen LogP) is 7.98. The van der Waals surface area contributed by atoms with Gasteiger partial charge in [-0.2, -0.15) is 10.2 Å². The minimum Gasteiger partial charge on any atom is -0.494 e.